The minimum Gasteiger partial charge on any atom is -0.506 e. The van der Waals surface area contributed by atoms with Crippen LogP contribution in [-0.2, 0) is 4.79 Å². The minimum absolute atomic E-state index is 0.0701. The lowest BCUT2D eigenvalue weighted by Crippen LogP contribution is -2.48. The lowest BCUT2D eigenvalue weighted by molar-refractivity contribution is -0.116. The number of aliphatic imine (C=N–C) groups is 1. The average molecular weight is 280 g/mol. The van der Waals surface area contributed by atoms with Crippen molar-refractivity contribution in [2.24, 2.45) is 15.8 Å². The van der Waals surface area contributed by atoms with Gasteiger partial charge in [0.05, 0.1) is 0 Å². The van der Waals surface area contributed by atoms with E-state index in [1.807, 2.05) is 0 Å². The fourth-order valence-electron chi connectivity index (χ4n) is 3.67. The fraction of sp³-hybridized carbons (Fsp3) is 0.750. The van der Waals surface area contributed by atoms with Crippen molar-refractivity contribution in [3.8, 4) is 0 Å². The first-order valence-electron chi connectivity index (χ1n) is 7.23. The second-order valence-corrected chi connectivity index (χ2v) is 7.33. The summed E-state index contributed by atoms with van der Waals surface area (Å²) in [7, 11) is 1.52. The Hall–Kier alpha value is -1.32. The van der Waals surface area contributed by atoms with Crippen molar-refractivity contribution in [1.82, 2.24) is 5.32 Å². The standard InChI is InChI=1S/C16H28N2O2/c1-7-12(19)13(17-6)14(20)18-11-8-15(2,3)10-16(4,5)9-11/h7,11,19H,8-10H2,1-6H3,(H,18,20)/b12-7+,17-13?. The summed E-state index contributed by atoms with van der Waals surface area (Å²) in [6.07, 6.45) is 4.55. The summed E-state index contributed by atoms with van der Waals surface area (Å²) in [5.74, 6) is -0.360. The first-order chi connectivity index (χ1) is 9.10. The number of allylic oxidation sites excluding steroid dienone is 1. The quantitative estimate of drug-likeness (QED) is 0.616. The van der Waals surface area contributed by atoms with Gasteiger partial charge in [-0.3, -0.25) is 9.79 Å². The molecule has 0 aliphatic heterocycles. The largest absolute Gasteiger partial charge is 0.506 e. The summed E-state index contributed by atoms with van der Waals surface area (Å²) in [5, 5.41) is 12.7. The number of hydrogen-bond donors (Lipinski definition) is 2. The van der Waals surface area contributed by atoms with Gasteiger partial charge in [0, 0.05) is 13.1 Å². The van der Waals surface area contributed by atoms with Crippen molar-refractivity contribution < 1.29 is 9.90 Å². The Bertz CT molecular complexity index is 418. The number of carbonyl (C=O) groups is 1. The van der Waals surface area contributed by atoms with Gasteiger partial charge in [-0.2, -0.15) is 0 Å². The van der Waals surface area contributed by atoms with Crippen molar-refractivity contribution in [3.63, 3.8) is 0 Å². The molecule has 1 fully saturated rings. The summed E-state index contributed by atoms with van der Waals surface area (Å²) >= 11 is 0. The molecule has 1 aliphatic carbocycles. The number of rotatable bonds is 3. The van der Waals surface area contributed by atoms with E-state index in [2.05, 4.69) is 38.0 Å². The van der Waals surface area contributed by atoms with Crippen LogP contribution in [0.2, 0.25) is 0 Å². The summed E-state index contributed by atoms with van der Waals surface area (Å²) in [6, 6.07) is 0.127. The summed E-state index contributed by atoms with van der Waals surface area (Å²) in [4.78, 5) is 16.1. The molecule has 1 amide bonds. The second-order valence-electron chi connectivity index (χ2n) is 7.33. The Morgan fingerprint density at radius 1 is 1.25 bits per heavy atom. The zero-order chi connectivity index (χ0) is 15.6. The molecular formula is C16H28N2O2. The molecule has 2 N–H and O–H groups in total. The molecule has 0 aromatic carbocycles. The van der Waals surface area contributed by atoms with Crippen molar-refractivity contribution in [2.75, 3.05) is 7.05 Å². The maximum atomic E-state index is 12.2. The van der Waals surface area contributed by atoms with Crippen LogP contribution in [0, 0.1) is 10.8 Å². The first kappa shape index (κ1) is 16.7. The predicted octanol–water partition coefficient (Wildman–Crippen LogP) is 3.24. The Morgan fingerprint density at radius 3 is 2.15 bits per heavy atom. The predicted molar refractivity (Wildman–Crippen MR) is 83.1 cm³/mol. The van der Waals surface area contributed by atoms with Crippen molar-refractivity contribution >= 4 is 11.6 Å². The number of aliphatic hydroxyl groups excluding tert-OH is 1. The molecule has 1 saturated carbocycles. The molecule has 0 saturated heterocycles. The highest BCUT2D eigenvalue weighted by Gasteiger charge is 2.39. The van der Waals surface area contributed by atoms with Crippen LogP contribution in [0.25, 0.3) is 0 Å². The molecule has 0 bridgehead atoms. The Labute approximate surface area is 122 Å². The smallest absolute Gasteiger partial charge is 0.273 e. The van der Waals surface area contributed by atoms with Crippen LogP contribution >= 0.6 is 0 Å². The third-order valence-corrected chi connectivity index (χ3v) is 3.85. The molecule has 1 rings (SSSR count). The monoisotopic (exact) mass is 280 g/mol. The van der Waals surface area contributed by atoms with E-state index in [4.69, 9.17) is 0 Å². The number of hydrogen-bond acceptors (Lipinski definition) is 3. The van der Waals surface area contributed by atoms with Crippen LogP contribution < -0.4 is 5.32 Å². The molecule has 0 aromatic heterocycles. The van der Waals surface area contributed by atoms with E-state index in [1.165, 1.54) is 13.1 Å². The molecule has 0 unspecified atom stereocenters. The molecule has 0 aromatic rings. The highest BCUT2D eigenvalue weighted by molar-refractivity contribution is 6.44. The molecule has 114 valence electrons. The van der Waals surface area contributed by atoms with Gasteiger partial charge < -0.3 is 10.4 Å². The van der Waals surface area contributed by atoms with Crippen molar-refractivity contribution in [1.29, 1.82) is 0 Å². The maximum Gasteiger partial charge on any atom is 0.273 e. The average Bonchev–Trinajstić information content (AvgIpc) is 2.24. The van der Waals surface area contributed by atoms with Crippen LogP contribution in [0.5, 0.6) is 0 Å². The van der Waals surface area contributed by atoms with E-state index in [-0.39, 0.29) is 34.2 Å². The van der Waals surface area contributed by atoms with Gasteiger partial charge >= 0.3 is 0 Å². The van der Waals surface area contributed by atoms with Crippen LogP contribution in [0.15, 0.2) is 16.8 Å². The highest BCUT2D eigenvalue weighted by Crippen LogP contribution is 2.45. The molecule has 0 radical (unpaired) electrons. The molecule has 0 atom stereocenters. The molecule has 20 heavy (non-hydrogen) atoms. The van der Waals surface area contributed by atoms with E-state index in [0.717, 1.165) is 19.3 Å². The van der Waals surface area contributed by atoms with Gasteiger partial charge in [0.2, 0.25) is 0 Å². The second kappa shape index (κ2) is 5.98. The maximum absolute atomic E-state index is 12.2. The number of nitrogens with zero attached hydrogens (tertiary/aromatic N) is 1. The lowest BCUT2D eigenvalue weighted by atomic mass is 9.63. The van der Waals surface area contributed by atoms with Crippen LogP contribution in [0.4, 0.5) is 0 Å². The summed E-state index contributed by atoms with van der Waals surface area (Å²) < 4.78 is 0. The molecule has 0 heterocycles. The first-order valence-corrected chi connectivity index (χ1v) is 7.23. The number of nitrogens with one attached hydrogen (secondary N) is 1. The fourth-order valence-corrected chi connectivity index (χ4v) is 3.67. The van der Waals surface area contributed by atoms with E-state index in [9.17, 15) is 9.90 Å². The van der Waals surface area contributed by atoms with E-state index < -0.39 is 0 Å². The summed E-state index contributed by atoms with van der Waals surface area (Å²) in [6.45, 7) is 10.6. The van der Waals surface area contributed by atoms with Crippen LogP contribution in [0.1, 0.15) is 53.9 Å². The van der Waals surface area contributed by atoms with Gasteiger partial charge in [-0.25, -0.2) is 0 Å². The van der Waals surface area contributed by atoms with E-state index in [1.54, 1.807) is 6.92 Å². The third kappa shape index (κ3) is 4.36. The highest BCUT2D eigenvalue weighted by atomic mass is 16.3. The molecule has 4 heteroatoms. The van der Waals surface area contributed by atoms with Gasteiger partial charge in [0.15, 0.2) is 5.71 Å². The Morgan fingerprint density at radius 2 is 1.75 bits per heavy atom. The SMILES string of the molecule is C/C=C(/O)C(=NC)C(=O)NC1CC(C)(C)CC(C)(C)C1. The Kier molecular flexibility index (Phi) is 5.00. The zero-order valence-corrected chi connectivity index (χ0v) is 13.6. The van der Waals surface area contributed by atoms with E-state index in [0.29, 0.717) is 0 Å². The van der Waals surface area contributed by atoms with Gasteiger partial charge in [-0.05, 0) is 43.1 Å². The molecule has 4 nitrogen and oxygen atoms in total. The third-order valence-electron chi connectivity index (χ3n) is 3.85. The van der Waals surface area contributed by atoms with Crippen LogP contribution in [0.3, 0.4) is 0 Å². The van der Waals surface area contributed by atoms with Gasteiger partial charge in [0.1, 0.15) is 5.76 Å². The van der Waals surface area contributed by atoms with Gasteiger partial charge in [-0.1, -0.05) is 27.7 Å². The van der Waals surface area contributed by atoms with Crippen molar-refractivity contribution in [2.45, 2.75) is 59.9 Å². The number of carbonyl (C=O) groups excluding carboxylic acids is 1. The normalized spacial score (nSPS) is 23.5. The molecule has 1 aliphatic rings. The minimum atomic E-state index is -0.290. The van der Waals surface area contributed by atoms with Crippen molar-refractivity contribution in [3.05, 3.63) is 11.8 Å². The Balaban J connectivity index is 2.80. The molecule has 0 spiro atoms. The van der Waals surface area contributed by atoms with Crippen LogP contribution in [-0.4, -0.2) is 29.8 Å². The van der Waals surface area contributed by atoms with E-state index >= 15 is 0 Å². The lowest BCUT2D eigenvalue weighted by Gasteiger charge is -2.45. The summed E-state index contributed by atoms with van der Waals surface area (Å²) in [5.41, 5.74) is 0.534. The number of aliphatic hydroxyl groups is 1. The zero-order valence-electron chi connectivity index (χ0n) is 13.6. The van der Waals surface area contributed by atoms with Gasteiger partial charge in [-0.15, -0.1) is 0 Å². The van der Waals surface area contributed by atoms with Gasteiger partial charge in [0.25, 0.3) is 5.91 Å². The molecular weight excluding hydrogens is 252 g/mol. The topological polar surface area (TPSA) is 61.7 Å². The number of amides is 1.